The summed E-state index contributed by atoms with van der Waals surface area (Å²) in [6.45, 7) is 1.89. The minimum atomic E-state index is -4.03. The van der Waals surface area contributed by atoms with Gasteiger partial charge in [-0.2, -0.15) is 8.42 Å². The van der Waals surface area contributed by atoms with Gasteiger partial charge in [0.05, 0.1) is 7.11 Å². The molecule has 0 aliphatic carbocycles. The second kappa shape index (κ2) is 7.21. The molecule has 1 N–H and O–H groups in total. The molecular weight excluding hydrogens is 354 g/mol. The van der Waals surface area contributed by atoms with Gasteiger partial charge in [-0.1, -0.05) is 18.2 Å². The topological polar surface area (TPSA) is 81.7 Å². The summed E-state index contributed by atoms with van der Waals surface area (Å²) in [5, 5.41) is 2.72. The molecule has 0 saturated carbocycles. The van der Waals surface area contributed by atoms with Crippen molar-refractivity contribution in [2.75, 3.05) is 12.4 Å². The molecule has 3 rings (SSSR count). The van der Waals surface area contributed by atoms with Crippen LogP contribution in [0.25, 0.3) is 6.08 Å². The average molecular weight is 373 g/mol. The first-order chi connectivity index (χ1) is 12.4. The Balaban J connectivity index is 1.91. The molecule has 26 heavy (non-hydrogen) atoms. The van der Waals surface area contributed by atoms with Crippen molar-refractivity contribution in [3.05, 3.63) is 53.6 Å². The Kier molecular flexibility index (Phi) is 4.99. The summed E-state index contributed by atoms with van der Waals surface area (Å²) in [4.78, 5) is 11.5. The van der Waals surface area contributed by atoms with Crippen molar-refractivity contribution in [1.82, 2.24) is 0 Å². The first kappa shape index (κ1) is 18.0. The van der Waals surface area contributed by atoms with Crippen molar-refractivity contribution >= 4 is 27.8 Å². The van der Waals surface area contributed by atoms with Crippen LogP contribution < -0.4 is 14.2 Å². The Morgan fingerprint density at radius 3 is 2.62 bits per heavy atom. The normalized spacial score (nSPS) is 14.0. The number of nitrogens with one attached hydrogen (secondary N) is 1. The van der Waals surface area contributed by atoms with Crippen molar-refractivity contribution in [1.29, 1.82) is 0 Å². The van der Waals surface area contributed by atoms with Gasteiger partial charge in [0.2, 0.25) is 5.91 Å². The zero-order valence-electron chi connectivity index (χ0n) is 14.5. The number of methoxy groups -OCH3 is 1. The number of anilines is 1. The third-order valence-electron chi connectivity index (χ3n) is 4.01. The average Bonchev–Trinajstić information content (AvgIpc) is 2.62. The van der Waals surface area contributed by atoms with E-state index in [0.717, 1.165) is 11.1 Å². The van der Waals surface area contributed by atoms with Crippen molar-refractivity contribution in [3.63, 3.8) is 0 Å². The Labute approximate surface area is 152 Å². The van der Waals surface area contributed by atoms with Crippen LogP contribution in [-0.4, -0.2) is 21.4 Å². The van der Waals surface area contributed by atoms with Crippen LogP contribution in [0.1, 0.15) is 24.5 Å². The molecule has 1 aliphatic rings. The number of hydrogen-bond acceptors (Lipinski definition) is 5. The number of fused-ring (bicyclic) bond motifs is 1. The van der Waals surface area contributed by atoms with E-state index in [1.54, 1.807) is 24.3 Å². The number of amides is 1. The molecule has 0 saturated heterocycles. The van der Waals surface area contributed by atoms with E-state index in [-0.39, 0.29) is 16.6 Å². The number of hydrogen-bond donors (Lipinski definition) is 1. The Hall–Kier alpha value is -2.80. The number of ether oxygens (including phenoxy) is 1. The Bertz CT molecular complexity index is 979. The standard InChI is InChI=1S/C19H19NO5S/c1-3-4-13-5-9-17(18(11-13)24-2)25-26(22,23)15-7-8-16-14(12-15)6-10-19(21)20-16/h3-5,7-9,11-12H,6,10H2,1-2H3,(H,20,21)/b4-3+. The zero-order valence-corrected chi connectivity index (χ0v) is 15.3. The summed E-state index contributed by atoms with van der Waals surface area (Å²) in [5.41, 5.74) is 2.27. The molecule has 0 bridgehead atoms. The molecule has 0 radical (unpaired) electrons. The van der Waals surface area contributed by atoms with Crippen LogP contribution in [0.3, 0.4) is 0 Å². The van der Waals surface area contributed by atoms with E-state index in [4.69, 9.17) is 8.92 Å². The first-order valence-corrected chi connectivity index (χ1v) is 9.52. The maximum Gasteiger partial charge on any atom is 0.339 e. The highest BCUT2D eigenvalue weighted by Gasteiger charge is 2.22. The molecular formula is C19H19NO5S. The van der Waals surface area contributed by atoms with Crippen molar-refractivity contribution in [2.24, 2.45) is 0 Å². The van der Waals surface area contributed by atoms with Crippen LogP contribution in [-0.2, 0) is 21.3 Å². The number of allylic oxidation sites excluding steroid dienone is 1. The SMILES string of the molecule is C/C=C/c1ccc(OS(=O)(=O)c2ccc3c(c2)CCC(=O)N3)c(OC)c1. The molecule has 1 amide bonds. The molecule has 1 aliphatic heterocycles. The molecule has 2 aromatic rings. The largest absolute Gasteiger partial charge is 0.493 e. The Morgan fingerprint density at radius 1 is 1.08 bits per heavy atom. The van der Waals surface area contributed by atoms with Crippen LogP contribution in [0.15, 0.2) is 47.4 Å². The van der Waals surface area contributed by atoms with Gasteiger partial charge < -0.3 is 14.2 Å². The smallest absolute Gasteiger partial charge is 0.339 e. The van der Waals surface area contributed by atoms with Gasteiger partial charge in [0.1, 0.15) is 4.90 Å². The third kappa shape index (κ3) is 3.72. The van der Waals surface area contributed by atoms with Crippen molar-refractivity contribution < 1.29 is 22.1 Å². The summed E-state index contributed by atoms with van der Waals surface area (Å²) in [6, 6.07) is 9.54. The minimum Gasteiger partial charge on any atom is -0.493 e. The predicted octanol–water partition coefficient (Wildman–Crippen LogP) is 3.38. The minimum absolute atomic E-state index is 0.0342. The number of aryl methyl sites for hydroxylation is 1. The second-order valence-electron chi connectivity index (χ2n) is 5.81. The van der Waals surface area contributed by atoms with Gasteiger partial charge in [0.25, 0.3) is 0 Å². The summed E-state index contributed by atoms with van der Waals surface area (Å²) >= 11 is 0. The molecule has 6 nitrogen and oxygen atoms in total. The number of benzene rings is 2. The zero-order chi connectivity index (χ0) is 18.7. The van der Waals surface area contributed by atoms with Gasteiger partial charge in [-0.05, 0) is 54.8 Å². The lowest BCUT2D eigenvalue weighted by molar-refractivity contribution is -0.116. The molecule has 136 valence electrons. The first-order valence-electron chi connectivity index (χ1n) is 8.11. The molecule has 1 heterocycles. The fourth-order valence-corrected chi connectivity index (χ4v) is 3.72. The molecule has 7 heteroatoms. The van der Waals surface area contributed by atoms with E-state index < -0.39 is 10.1 Å². The fraction of sp³-hybridized carbons (Fsp3) is 0.211. The van der Waals surface area contributed by atoms with E-state index >= 15 is 0 Å². The highest BCUT2D eigenvalue weighted by Crippen LogP contribution is 2.32. The van der Waals surface area contributed by atoms with E-state index in [9.17, 15) is 13.2 Å². The summed E-state index contributed by atoms with van der Waals surface area (Å²) in [5.74, 6) is 0.372. The van der Waals surface area contributed by atoms with Crippen LogP contribution >= 0.6 is 0 Å². The predicted molar refractivity (Wildman–Crippen MR) is 98.9 cm³/mol. The van der Waals surface area contributed by atoms with Gasteiger partial charge in [-0.3, -0.25) is 4.79 Å². The Morgan fingerprint density at radius 2 is 1.88 bits per heavy atom. The van der Waals surface area contributed by atoms with Gasteiger partial charge in [-0.15, -0.1) is 0 Å². The van der Waals surface area contributed by atoms with Crippen molar-refractivity contribution in [2.45, 2.75) is 24.7 Å². The number of carbonyl (C=O) groups is 1. The van der Waals surface area contributed by atoms with E-state index in [0.29, 0.717) is 24.3 Å². The number of rotatable bonds is 5. The maximum atomic E-state index is 12.7. The lowest BCUT2D eigenvalue weighted by Gasteiger charge is -2.18. The molecule has 0 atom stereocenters. The van der Waals surface area contributed by atoms with E-state index in [2.05, 4.69) is 5.32 Å². The van der Waals surface area contributed by atoms with Gasteiger partial charge >= 0.3 is 10.1 Å². The molecule has 0 aromatic heterocycles. The van der Waals surface area contributed by atoms with Crippen molar-refractivity contribution in [3.8, 4) is 11.5 Å². The van der Waals surface area contributed by atoms with Crippen LogP contribution in [0.4, 0.5) is 5.69 Å². The van der Waals surface area contributed by atoms with Crippen LogP contribution in [0.2, 0.25) is 0 Å². The van der Waals surface area contributed by atoms with Gasteiger partial charge in [0.15, 0.2) is 11.5 Å². The highest BCUT2D eigenvalue weighted by molar-refractivity contribution is 7.87. The molecule has 2 aromatic carbocycles. The summed E-state index contributed by atoms with van der Waals surface area (Å²) < 4.78 is 35.8. The van der Waals surface area contributed by atoms with Gasteiger partial charge in [0, 0.05) is 12.1 Å². The van der Waals surface area contributed by atoms with E-state index in [1.165, 1.54) is 19.2 Å². The monoisotopic (exact) mass is 373 g/mol. The van der Waals surface area contributed by atoms with Crippen LogP contribution in [0.5, 0.6) is 11.5 Å². The number of carbonyl (C=O) groups excluding carboxylic acids is 1. The molecule has 0 spiro atoms. The quantitative estimate of drug-likeness (QED) is 0.813. The highest BCUT2D eigenvalue weighted by atomic mass is 32.2. The summed E-state index contributed by atoms with van der Waals surface area (Å²) in [7, 11) is -2.57. The van der Waals surface area contributed by atoms with Crippen LogP contribution in [0, 0.1) is 0 Å². The maximum absolute atomic E-state index is 12.7. The third-order valence-corrected chi connectivity index (χ3v) is 5.24. The molecule has 0 unspecified atom stereocenters. The summed E-state index contributed by atoms with van der Waals surface area (Å²) in [6.07, 6.45) is 4.57. The molecule has 0 fully saturated rings. The van der Waals surface area contributed by atoms with Gasteiger partial charge in [-0.25, -0.2) is 0 Å². The van der Waals surface area contributed by atoms with E-state index in [1.807, 2.05) is 19.1 Å². The lowest BCUT2D eigenvalue weighted by Crippen LogP contribution is -2.19. The fourth-order valence-electron chi connectivity index (χ4n) is 2.73. The second-order valence-corrected chi connectivity index (χ2v) is 7.36. The lowest BCUT2D eigenvalue weighted by atomic mass is 10.0.